The van der Waals surface area contributed by atoms with Crippen molar-refractivity contribution in [1.82, 2.24) is 10.8 Å². The van der Waals surface area contributed by atoms with Crippen LogP contribution in [0, 0.1) is 23.7 Å². The Hall–Kier alpha value is -3.03. The highest BCUT2D eigenvalue weighted by atomic mass is 19.3. The minimum Gasteiger partial charge on any atom is -0.381 e. The van der Waals surface area contributed by atoms with Crippen LogP contribution in [0.4, 0.5) is 8.78 Å². The minimum atomic E-state index is -3.36. The van der Waals surface area contributed by atoms with Gasteiger partial charge in [0, 0.05) is 17.0 Å². The predicted molar refractivity (Wildman–Crippen MR) is 91.9 cm³/mol. The third-order valence-corrected chi connectivity index (χ3v) is 4.38. The van der Waals surface area contributed by atoms with E-state index in [1.54, 1.807) is 0 Å². The third kappa shape index (κ3) is 4.82. The summed E-state index contributed by atoms with van der Waals surface area (Å²) in [5.41, 5.74) is 3.97. The first kappa shape index (κ1) is 21.3. The first-order valence-electron chi connectivity index (χ1n) is 8.24. The molecule has 0 aliphatic heterocycles. The van der Waals surface area contributed by atoms with Gasteiger partial charge in [-0.05, 0) is 37.6 Å². The van der Waals surface area contributed by atoms with E-state index >= 15 is 0 Å². The summed E-state index contributed by atoms with van der Waals surface area (Å²) in [5, 5.41) is 20.4. The van der Waals surface area contributed by atoms with E-state index in [2.05, 4.69) is 11.8 Å². The van der Waals surface area contributed by atoms with E-state index in [0.29, 0.717) is 18.9 Å². The maximum Gasteiger partial charge on any atom is 0.269 e. The van der Waals surface area contributed by atoms with Crippen LogP contribution in [-0.2, 0) is 9.59 Å². The second-order valence-corrected chi connectivity index (χ2v) is 6.61. The summed E-state index contributed by atoms with van der Waals surface area (Å²) in [6, 6.07) is 3.60. The van der Waals surface area contributed by atoms with Gasteiger partial charge in [-0.15, -0.1) is 0 Å². The molecule has 0 bridgehead atoms. The Labute approximate surface area is 159 Å². The number of amides is 3. The zero-order valence-electron chi connectivity index (χ0n) is 14.8. The standard InChI is InChI=1S/C18H19F2N3O5/c1-18(27,17(19)20)13(16(26)23-28)22-15(25)10-5-2-9(3-6-10)4-7-11-8-12(11)14(21)24/h2-3,5-6,11-13,17,27-28H,8H2,1H3,(H2,21,24)(H,22,25)(H,23,26). The van der Waals surface area contributed by atoms with Crippen molar-refractivity contribution in [1.29, 1.82) is 0 Å². The summed E-state index contributed by atoms with van der Waals surface area (Å²) in [7, 11) is 0. The molecule has 1 aromatic rings. The number of alkyl halides is 2. The molecule has 1 fully saturated rings. The van der Waals surface area contributed by atoms with Crippen molar-refractivity contribution >= 4 is 17.7 Å². The molecule has 150 valence electrons. The van der Waals surface area contributed by atoms with Crippen molar-refractivity contribution in [3.8, 4) is 11.8 Å². The topological polar surface area (TPSA) is 142 Å². The van der Waals surface area contributed by atoms with E-state index in [4.69, 9.17) is 10.9 Å². The van der Waals surface area contributed by atoms with Crippen molar-refractivity contribution in [2.75, 3.05) is 0 Å². The summed E-state index contributed by atoms with van der Waals surface area (Å²) in [6.45, 7) is 0.660. The van der Waals surface area contributed by atoms with Gasteiger partial charge in [0.05, 0.1) is 5.92 Å². The van der Waals surface area contributed by atoms with Crippen LogP contribution in [0.25, 0.3) is 0 Å². The number of primary amides is 1. The maximum atomic E-state index is 13.0. The molecule has 0 saturated heterocycles. The van der Waals surface area contributed by atoms with Gasteiger partial charge in [0.1, 0.15) is 6.04 Å². The lowest BCUT2D eigenvalue weighted by atomic mass is 9.95. The van der Waals surface area contributed by atoms with E-state index < -0.39 is 35.8 Å². The van der Waals surface area contributed by atoms with Gasteiger partial charge < -0.3 is 16.2 Å². The number of benzene rings is 1. The SMILES string of the molecule is CC(O)(C(F)F)C(NC(=O)c1ccc(C#CC2CC2C(N)=O)cc1)C(=O)NO. The fourth-order valence-electron chi connectivity index (χ4n) is 2.43. The molecule has 4 unspecified atom stereocenters. The summed E-state index contributed by atoms with van der Waals surface area (Å²) < 4.78 is 26.0. The molecule has 1 aromatic carbocycles. The Morgan fingerprint density at radius 1 is 1.29 bits per heavy atom. The first-order valence-corrected chi connectivity index (χ1v) is 8.24. The van der Waals surface area contributed by atoms with E-state index in [9.17, 15) is 28.3 Å². The molecule has 1 saturated carbocycles. The quantitative estimate of drug-likeness (QED) is 0.257. The van der Waals surface area contributed by atoms with Gasteiger partial charge >= 0.3 is 0 Å². The van der Waals surface area contributed by atoms with Crippen molar-refractivity contribution in [3.05, 3.63) is 35.4 Å². The first-order chi connectivity index (χ1) is 13.1. The number of carbonyl (C=O) groups excluding carboxylic acids is 3. The second kappa shape index (κ2) is 8.33. The summed E-state index contributed by atoms with van der Waals surface area (Å²) in [5.74, 6) is 2.70. The van der Waals surface area contributed by atoms with Gasteiger partial charge in [0.15, 0.2) is 5.60 Å². The van der Waals surface area contributed by atoms with Crippen LogP contribution in [0.2, 0.25) is 0 Å². The minimum absolute atomic E-state index is 0.0211. The number of hydrogen-bond acceptors (Lipinski definition) is 5. The van der Waals surface area contributed by atoms with Gasteiger partial charge in [-0.25, -0.2) is 14.3 Å². The van der Waals surface area contributed by atoms with Crippen LogP contribution in [0.3, 0.4) is 0 Å². The van der Waals surface area contributed by atoms with Crippen LogP contribution < -0.4 is 16.5 Å². The molecule has 0 radical (unpaired) electrons. The molecule has 0 aromatic heterocycles. The molecule has 28 heavy (non-hydrogen) atoms. The number of halogens is 2. The lowest BCUT2D eigenvalue weighted by Gasteiger charge is -2.30. The zero-order valence-corrected chi connectivity index (χ0v) is 14.8. The van der Waals surface area contributed by atoms with Crippen molar-refractivity contribution in [2.45, 2.75) is 31.4 Å². The van der Waals surface area contributed by atoms with Crippen LogP contribution in [0.15, 0.2) is 24.3 Å². The predicted octanol–water partition coefficient (Wildman–Crippen LogP) is -0.221. The molecule has 2 rings (SSSR count). The largest absolute Gasteiger partial charge is 0.381 e. The normalized spacial score (nSPS) is 20.9. The van der Waals surface area contributed by atoms with E-state index in [1.807, 2.05) is 5.32 Å². The number of nitrogens with two attached hydrogens (primary N) is 1. The Morgan fingerprint density at radius 2 is 1.89 bits per heavy atom. The van der Waals surface area contributed by atoms with E-state index in [1.165, 1.54) is 24.3 Å². The fraction of sp³-hybridized carbons (Fsp3) is 0.389. The smallest absolute Gasteiger partial charge is 0.269 e. The number of rotatable bonds is 6. The Kier molecular flexibility index (Phi) is 6.33. The second-order valence-electron chi connectivity index (χ2n) is 6.61. The van der Waals surface area contributed by atoms with Crippen molar-refractivity contribution in [2.24, 2.45) is 17.6 Å². The summed E-state index contributed by atoms with van der Waals surface area (Å²) in [4.78, 5) is 34.8. The van der Waals surface area contributed by atoms with E-state index in [0.717, 1.165) is 5.48 Å². The molecule has 6 N–H and O–H groups in total. The molecule has 1 aliphatic carbocycles. The summed E-state index contributed by atoms with van der Waals surface area (Å²) >= 11 is 0. The number of hydrogen-bond donors (Lipinski definition) is 5. The zero-order chi connectivity index (χ0) is 21.1. The lowest BCUT2D eigenvalue weighted by Crippen LogP contribution is -2.61. The molecule has 0 spiro atoms. The molecule has 0 heterocycles. The number of nitrogens with one attached hydrogen (secondary N) is 2. The van der Waals surface area contributed by atoms with Gasteiger partial charge in [0.2, 0.25) is 5.91 Å². The van der Waals surface area contributed by atoms with Crippen LogP contribution in [0.1, 0.15) is 29.3 Å². The number of hydroxylamine groups is 1. The molecule has 3 amide bonds. The average Bonchev–Trinajstić information content (AvgIpc) is 3.43. The average molecular weight is 395 g/mol. The number of aliphatic hydroxyl groups is 1. The molecule has 8 nitrogen and oxygen atoms in total. The summed E-state index contributed by atoms with van der Waals surface area (Å²) in [6.07, 6.45) is -2.75. The van der Waals surface area contributed by atoms with Gasteiger partial charge in [-0.2, -0.15) is 0 Å². The number of carbonyl (C=O) groups is 3. The van der Waals surface area contributed by atoms with Crippen molar-refractivity contribution < 1.29 is 33.5 Å². The van der Waals surface area contributed by atoms with Crippen LogP contribution in [0.5, 0.6) is 0 Å². The van der Waals surface area contributed by atoms with Gasteiger partial charge in [-0.1, -0.05) is 11.8 Å². The van der Waals surface area contributed by atoms with Crippen LogP contribution in [-0.4, -0.2) is 46.1 Å². The highest BCUT2D eigenvalue weighted by molar-refractivity contribution is 5.97. The van der Waals surface area contributed by atoms with Crippen molar-refractivity contribution in [3.63, 3.8) is 0 Å². The highest BCUT2D eigenvalue weighted by Crippen LogP contribution is 2.37. The molecular formula is C18H19F2N3O5. The monoisotopic (exact) mass is 395 g/mol. The Bertz CT molecular complexity index is 830. The molecule has 10 heteroatoms. The Morgan fingerprint density at radius 3 is 2.36 bits per heavy atom. The highest BCUT2D eigenvalue weighted by Gasteiger charge is 2.46. The van der Waals surface area contributed by atoms with Gasteiger partial charge in [-0.3, -0.25) is 19.6 Å². The maximum absolute atomic E-state index is 13.0. The fourth-order valence-corrected chi connectivity index (χ4v) is 2.43. The molecular weight excluding hydrogens is 376 g/mol. The third-order valence-electron chi connectivity index (χ3n) is 4.38. The van der Waals surface area contributed by atoms with E-state index in [-0.39, 0.29) is 17.4 Å². The Balaban J connectivity index is 2.08. The molecule has 4 atom stereocenters. The van der Waals surface area contributed by atoms with Gasteiger partial charge in [0.25, 0.3) is 18.2 Å². The molecule has 1 aliphatic rings. The van der Waals surface area contributed by atoms with Crippen LogP contribution >= 0.6 is 0 Å². The lowest BCUT2D eigenvalue weighted by molar-refractivity contribution is -0.149.